The molecule has 102 valence electrons. The maximum Gasteiger partial charge on any atom is 0.109 e. The number of imidazole rings is 1. The van der Waals surface area contributed by atoms with Crippen molar-refractivity contribution in [3.05, 3.63) is 30.1 Å². The van der Waals surface area contributed by atoms with E-state index < -0.39 is 0 Å². The third-order valence-corrected chi connectivity index (χ3v) is 4.69. The highest BCUT2D eigenvalue weighted by Gasteiger charge is 2.25. The van der Waals surface area contributed by atoms with E-state index in [4.69, 9.17) is 10.7 Å². The van der Waals surface area contributed by atoms with E-state index in [0.29, 0.717) is 11.8 Å². The first-order chi connectivity index (χ1) is 9.29. The molecule has 1 heterocycles. The zero-order chi connectivity index (χ0) is 13.2. The van der Waals surface area contributed by atoms with Crippen LogP contribution >= 0.6 is 0 Å². The van der Waals surface area contributed by atoms with Gasteiger partial charge in [-0.05, 0) is 43.4 Å². The van der Waals surface area contributed by atoms with Crippen molar-refractivity contribution in [2.75, 3.05) is 6.54 Å². The van der Waals surface area contributed by atoms with Gasteiger partial charge in [0.25, 0.3) is 0 Å². The molecule has 19 heavy (non-hydrogen) atoms. The van der Waals surface area contributed by atoms with E-state index in [9.17, 15) is 0 Å². The van der Waals surface area contributed by atoms with Gasteiger partial charge in [-0.3, -0.25) is 0 Å². The molecular weight excluding hydrogens is 234 g/mol. The lowest BCUT2D eigenvalue weighted by Gasteiger charge is -2.30. The summed E-state index contributed by atoms with van der Waals surface area (Å²) >= 11 is 0. The van der Waals surface area contributed by atoms with Crippen LogP contribution in [0, 0.1) is 11.8 Å². The highest BCUT2D eigenvalue weighted by Crippen LogP contribution is 2.32. The van der Waals surface area contributed by atoms with Crippen LogP contribution in [0.3, 0.4) is 0 Å². The van der Waals surface area contributed by atoms with E-state index in [0.717, 1.165) is 18.5 Å². The molecule has 0 bridgehead atoms. The van der Waals surface area contributed by atoms with Gasteiger partial charge in [0, 0.05) is 13.5 Å². The van der Waals surface area contributed by atoms with Crippen molar-refractivity contribution in [2.24, 2.45) is 24.6 Å². The van der Waals surface area contributed by atoms with E-state index in [1.807, 2.05) is 0 Å². The van der Waals surface area contributed by atoms with Crippen molar-refractivity contribution in [2.45, 2.75) is 32.1 Å². The Hall–Kier alpha value is -1.35. The molecule has 1 aliphatic rings. The van der Waals surface area contributed by atoms with Crippen LogP contribution in [-0.4, -0.2) is 16.1 Å². The van der Waals surface area contributed by atoms with Crippen LogP contribution in [0.25, 0.3) is 11.0 Å². The average molecular weight is 257 g/mol. The van der Waals surface area contributed by atoms with E-state index in [1.165, 1.54) is 37.0 Å². The van der Waals surface area contributed by atoms with E-state index >= 15 is 0 Å². The summed E-state index contributed by atoms with van der Waals surface area (Å²) < 4.78 is 2.25. The van der Waals surface area contributed by atoms with Crippen molar-refractivity contribution < 1.29 is 0 Å². The van der Waals surface area contributed by atoms with Gasteiger partial charge >= 0.3 is 0 Å². The van der Waals surface area contributed by atoms with Gasteiger partial charge in [-0.25, -0.2) is 4.98 Å². The standard InChI is InChI=1S/C16H23N3/c1-19-15-9-5-4-8-14(15)18-16(19)10-12-6-2-3-7-13(12)11-17/h4-5,8-9,12-13H,2-3,6-7,10-11,17H2,1H3. The summed E-state index contributed by atoms with van der Waals surface area (Å²) in [6, 6.07) is 8.38. The first kappa shape index (κ1) is 12.7. The zero-order valence-electron chi connectivity index (χ0n) is 11.7. The molecule has 0 spiro atoms. The second kappa shape index (κ2) is 5.33. The highest BCUT2D eigenvalue weighted by atomic mass is 15.1. The first-order valence-corrected chi connectivity index (χ1v) is 7.40. The number of aromatic nitrogens is 2. The van der Waals surface area contributed by atoms with Crippen LogP contribution in [0.2, 0.25) is 0 Å². The molecule has 1 aromatic heterocycles. The monoisotopic (exact) mass is 257 g/mol. The Bertz CT molecular complexity index is 558. The first-order valence-electron chi connectivity index (χ1n) is 7.40. The maximum absolute atomic E-state index is 5.93. The van der Waals surface area contributed by atoms with Crippen molar-refractivity contribution in [3.8, 4) is 0 Å². The second-order valence-corrected chi connectivity index (χ2v) is 5.82. The summed E-state index contributed by atoms with van der Waals surface area (Å²) in [7, 11) is 2.13. The van der Waals surface area contributed by atoms with Crippen LogP contribution in [0.1, 0.15) is 31.5 Å². The SMILES string of the molecule is Cn1c(CC2CCCCC2CN)nc2ccccc21. The number of para-hydroxylation sites is 2. The van der Waals surface area contributed by atoms with Crippen LogP contribution in [0.5, 0.6) is 0 Å². The van der Waals surface area contributed by atoms with Crippen molar-refractivity contribution >= 4 is 11.0 Å². The van der Waals surface area contributed by atoms with Gasteiger partial charge in [0.1, 0.15) is 5.82 Å². The minimum absolute atomic E-state index is 0.688. The van der Waals surface area contributed by atoms with Crippen LogP contribution in [0.4, 0.5) is 0 Å². The molecule has 3 nitrogen and oxygen atoms in total. The molecule has 0 radical (unpaired) electrons. The fraction of sp³-hybridized carbons (Fsp3) is 0.562. The predicted octanol–water partition coefficient (Wildman–Crippen LogP) is 2.88. The van der Waals surface area contributed by atoms with Crippen molar-refractivity contribution in [1.82, 2.24) is 9.55 Å². The molecule has 0 amide bonds. The molecule has 3 rings (SSSR count). The highest BCUT2D eigenvalue weighted by molar-refractivity contribution is 5.75. The molecule has 2 atom stereocenters. The Morgan fingerprint density at radius 3 is 2.68 bits per heavy atom. The van der Waals surface area contributed by atoms with E-state index in [1.54, 1.807) is 0 Å². The number of nitrogens with zero attached hydrogens (tertiary/aromatic N) is 2. The fourth-order valence-corrected chi connectivity index (χ4v) is 3.48. The Kier molecular flexibility index (Phi) is 3.56. The number of benzene rings is 1. The largest absolute Gasteiger partial charge is 0.331 e. The summed E-state index contributed by atoms with van der Waals surface area (Å²) in [5.41, 5.74) is 8.28. The molecule has 1 saturated carbocycles. The molecule has 2 unspecified atom stereocenters. The third-order valence-electron chi connectivity index (χ3n) is 4.69. The van der Waals surface area contributed by atoms with E-state index in [2.05, 4.69) is 35.9 Å². The van der Waals surface area contributed by atoms with Crippen molar-refractivity contribution in [1.29, 1.82) is 0 Å². The Morgan fingerprint density at radius 2 is 1.95 bits per heavy atom. The van der Waals surface area contributed by atoms with Gasteiger partial charge in [0.2, 0.25) is 0 Å². The quantitative estimate of drug-likeness (QED) is 0.919. The van der Waals surface area contributed by atoms with Crippen LogP contribution < -0.4 is 5.73 Å². The maximum atomic E-state index is 5.93. The van der Waals surface area contributed by atoms with Crippen LogP contribution in [0.15, 0.2) is 24.3 Å². The van der Waals surface area contributed by atoms with Gasteiger partial charge in [-0.1, -0.05) is 25.0 Å². The second-order valence-electron chi connectivity index (χ2n) is 5.82. The summed E-state index contributed by atoms with van der Waals surface area (Å²) in [5.74, 6) is 2.62. The number of hydrogen-bond donors (Lipinski definition) is 1. The fourth-order valence-electron chi connectivity index (χ4n) is 3.48. The number of aryl methyl sites for hydroxylation is 1. The summed E-state index contributed by atoms with van der Waals surface area (Å²) in [4.78, 5) is 4.80. The zero-order valence-corrected chi connectivity index (χ0v) is 11.7. The Morgan fingerprint density at radius 1 is 1.21 bits per heavy atom. The van der Waals surface area contributed by atoms with Gasteiger partial charge in [-0.2, -0.15) is 0 Å². The lowest BCUT2D eigenvalue weighted by Crippen LogP contribution is -2.28. The lowest BCUT2D eigenvalue weighted by molar-refractivity contribution is 0.238. The molecule has 1 aliphatic carbocycles. The van der Waals surface area contributed by atoms with Gasteiger partial charge in [-0.15, -0.1) is 0 Å². The minimum Gasteiger partial charge on any atom is -0.331 e. The van der Waals surface area contributed by atoms with Crippen LogP contribution in [-0.2, 0) is 13.5 Å². The smallest absolute Gasteiger partial charge is 0.109 e. The molecule has 0 saturated heterocycles. The number of hydrogen-bond acceptors (Lipinski definition) is 2. The molecule has 1 fully saturated rings. The van der Waals surface area contributed by atoms with Gasteiger partial charge in [0.15, 0.2) is 0 Å². The summed E-state index contributed by atoms with van der Waals surface area (Å²) in [6.45, 7) is 0.828. The number of rotatable bonds is 3. The van der Waals surface area contributed by atoms with Crippen molar-refractivity contribution in [3.63, 3.8) is 0 Å². The van der Waals surface area contributed by atoms with E-state index in [-0.39, 0.29) is 0 Å². The number of fused-ring (bicyclic) bond motifs is 1. The van der Waals surface area contributed by atoms with Gasteiger partial charge in [0.05, 0.1) is 11.0 Å². The molecule has 2 aromatic rings. The summed E-state index contributed by atoms with van der Waals surface area (Å²) in [5, 5.41) is 0. The van der Waals surface area contributed by atoms with Gasteiger partial charge < -0.3 is 10.3 Å². The molecule has 1 aromatic carbocycles. The molecule has 0 aliphatic heterocycles. The molecular formula is C16H23N3. The topological polar surface area (TPSA) is 43.8 Å². The minimum atomic E-state index is 0.688. The summed E-state index contributed by atoms with van der Waals surface area (Å²) in [6.07, 6.45) is 6.38. The predicted molar refractivity (Wildman–Crippen MR) is 78.9 cm³/mol. The lowest BCUT2D eigenvalue weighted by atomic mass is 9.77. The molecule has 2 N–H and O–H groups in total. The normalized spacial score (nSPS) is 23.9. The average Bonchev–Trinajstić information content (AvgIpc) is 2.77. The number of nitrogens with two attached hydrogens (primary N) is 1. The Balaban J connectivity index is 1.86. The molecule has 3 heteroatoms. The Labute approximate surface area is 114 Å². The third kappa shape index (κ3) is 2.39.